The first kappa shape index (κ1) is 14.3. The fourth-order valence-electron chi connectivity index (χ4n) is 2.56. The van der Waals surface area contributed by atoms with E-state index in [2.05, 4.69) is 51.1 Å². The van der Waals surface area contributed by atoms with E-state index in [0.717, 1.165) is 12.8 Å². The molecule has 1 aromatic carbocycles. The van der Waals surface area contributed by atoms with Crippen LogP contribution < -0.4 is 0 Å². The van der Waals surface area contributed by atoms with Crippen LogP contribution >= 0.6 is 0 Å². The van der Waals surface area contributed by atoms with Crippen molar-refractivity contribution >= 4 is 0 Å². The van der Waals surface area contributed by atoms with E-state index < -0.39 is 6.29 Å². The SMILES string of the molecule is CC(C)(C)/C=C1/CC(O)OC1CCc1ccccc1. The quantitative estimate of drug-likeness (QED) is 0.840. The van der Waals surface area contributed by atoms with Gasteiger partial charge in [-0.3, -0.25) is 0 Å². The Bertz CT molecular complexity index is 428. The lowest BCUT2D eigenvalue weighted by molar-refractivity contribution is -0.0899. The second-order valence-electron chi connectivity index (χ2n) is 6.39. The lowest BCUT2D eigenvalue weighted by Gasteiger charge is -2.17. The van der Waals surface area contributed by atoms with Crippen molar-refractivity contribution in [3.05, 3.63) is 47.5 Å². The van der Waals surface area contributed by atoms with E-state index in [4.69, 9.17) is 4.74 Å². The molecule has 0 bridgehead atoms. The Balaban J connectivity index is 2.00. The van der Waals surface area contributed by atoms with Crippen LogP contribution in [0.4, 0.5) is 0 Å². The molecular formula is C17H24O2. The van der Waals surface area contributed by atoms with Crippen molar-refractivity contribution in [2.45, 2.75) is 52.4 Å². The smallest absolute Gasteiger partial charge is 0.159 e. The topological polar surface area (TPSA) is 29.5 Å². The number of allylic oxidation sites excluding steroid dienone is 1. The Hall–Kier alpha value is -1.12. The van der Waals surface area contributed by atoms with Gasteiger partial charge in [-0.2, -0.15) is 0 Å². The van der Waals surface area contributed by atoms with E-state index >= 15 is 0 Å². The van der Waals surface area contributed by atoms with E-state index in [0.29, 0.717) is 6.42 Å². The van der Waals surface area contributed by atoms with Crippen molar-refractivity contribution in [1.82, 2.24) is 0 Å². The number of aryl methyl sites for hydroxylation is 1. The van der Waals surface area contributed by atoms with Gasteiger partial charge in [-0.25, -0.2) is 0 Å². The van der Waals surface area contributed by atoms with Crippen LogP contribution in [0.5, 0.6) is 0 Å². The van der Waals surface area contributed by atoms with Crippen LogP contribution in [0.25, 0.3) is 0 Å². The van der Waals surface area contributed by atoms with Gasteiger partial charge in [0, 0.05) is 6.42 Å². The molecule has 0 amide bonds. The maximum Gasteiger partial charge on any atom is 0.159 e. The van der Waals surface area contributed by atoms with Gasteiger partial charge in [0.05, 0.1) is 6.10 Å². The molecular weight excluding hydrogens is 236 g/mol. The zero-order valence-corrected chi connectivity index (χ0v) is 12.1. The number of rotatable bonds is 3. The van der Waals surface area contributed by atoms with E-state index in [9.17, 15) is 5.11 Å². The lowest BCUT2D eigenvalue weighted by atomic mass is 9.90. The maximum atomic E-state index is 9.70. The Morgan fingerprint density at radius 1 is 1.26 bits per heavy atom. The maximum absolute atomic E-state index is 9.70. The zero-order valence-electron chi connectivity index (χ0n) is 12.1. The van der Waals surface area contributed by atoms with Crippen molar-refractivity contribution < 1.29 is 9.84 Å². The summed E-state index contributed by atoms with van der Waals surface area (Å²) in [6.07, 6.45) is 4.25. The number of hydrogen-bond acceptors (Lipinski definition) is 2. The van der Waals surface area contributed by atoms with Crippen LogP contribution in [-0.4, -0.2) is 17.5 Å². The fourth-order valence-corrected chi connectivity index (χ4v) is 2.56. The highest BCUT2D eigenvalue weighted by atomic mass is 16.6. The predicted octanol–water partition coefficient (Wildman–Crippen LogP) is 3.70. The van der Waals surface area contributed by atoms with Crippen LogP contribution in [0.2, 0.25) is 0 Å². The highest BCUT2D eigenvalue weighted by Crippen LogP contribution is 2.31. The van der Waals surface area contributed by atoms with Gasteiger partial charge in [-0.15, -0.1) is 0 Å². The van der Waals surface area contributed by atoms with Crippen LogP contribution in [0.3, 0.4) is 0 Å². The third kappa shape index (κ3) is 4.48. The molecule has 2 unspecified atom stereocenters. The predicted molar refractivity (Wildman–Crippen MR) is 77.8 cm³/mol. The summed E-state index contributed by atoms with van der Waals surface area (Å²) in [6.45, 7) is 6.54. The molecule has 0 saturated carbocycles. The second-order valence-corrected chi connectivity index (χ2v) is 6.39. The van der Waals surface area contributed by atoms with Crippen molar-refractivity contribution in [2.75, 3.05) is 0 Å². The summed E-state index contributed by atoms with van der Waals surface area (Å²) >= 11 is 0. The summed E-state index contributed by atoms with van der Waals surface area (Å²) in [6, 6.07) is 10.4. The third-order valence-corrected chi connectivity index (χ3v) is 3.30. The van der Waals surface area contributed by atoms with Crippen LogP contribution in [-0.2, 0) is 11.2 Å². The molecule has 1 fully saturated rings. The van der Waals surface area contributed by atoms with Crippen molar-refractivity contribution in [3.8, 4) is 0 Å². The van der Waals surface area contributed by atoms with Gasteiger partial charge in [0.15, 0.2) is 6.29 Å². The molecule has 0 aliphatic carbocycles. The molecule has 0 spiro atoms. The first-order valence-corrected chi connectivity index (χ1v) is 7.03. The molecule has 104 valence electrons. The number of benzene rings is 1. The Labute approximate surface area is 116 Å². The molecule has 0 aromatic heterocycles. The Morgan fingerprint density at radius 2 is 1.95 bits per heavy atom. The molecule has 2 nitrogen and oxygen atoms in total. The number of aliphatic hydroxyl groups excluding tert-OH is 1. The summed E-state index contributed by atoms with van der Waals surface area (Å²) in [5.41, 5.74) is 2.70. The van der Waals surface area contributed by atoms with E-state index in [1.54, 1.807) is 0 Å². The van der Waals surface area contributed by atoms with Gasteiger partial charge in [0.2, 0.25) is 0 Å². The molecule has 0 radical (unpaired) electrons. The summed E-state index contributed by atoms with van der Waals surface area (Å²) in [4.78, 5) is 0. The average molecular weight is 260 g/mol. The molecule has 1 saturated heterocycles. The van der Waals surface area contributed by atoms with Crippen molar-refractivity contribution in [3.63, 3.8) is 0 Å². The highest BCUT2D eigenvalue weighted by molar-refractivity contribution is 5.19. The minimum atomic E-state index is -0.630. The second kappa shape index (κ2) is 5.89. The van der Waals surface area contributed by atoms with E-state index in [1.165, 1.54) is 11.1 Å². The number of hydrogen-bond donors (Lipinski definition) is 1. The molecule has 1 aliphatic rings. The van der Waals surface area contributed by atoms with Gasteiger partial charge in [0.1, 0.15) is 0 Å². The van der Waals surface area contributed by atoms with Gasteiger partial charge in [-0.1, -0.05) is 57.2 Å². The first-order valence-electron chi connectivity index (χ1n) is 7.03. The molecule has 2 atom stereocenters. The number of aliphatic hydroxyl groups is 1. The minimum Gasteiger partial charge on any atom is -0.368 e. The molecule has 1 aromatic rings. The lowest BCUT2D eigenvalue weighted by Crippen LogP contribution is -2.13. The van der Waals surface area contributed by atoms with Gasteiger partial charge < -0.3 is 9.84 Å². The first-order chi connectivity index (χ1) is 8.94. The van der Waals surface area contributed by atoms with Crippen LogP contribution in [0, 0.1) is 5.41 Å². The molecule has 2 heteroatoms. The fraction of sp³-hybridized carbons (Fsp3) is 0.529. The van der Waals surface area contributed by atoms with E-state index in [-0.39, 0.29) is 11.5 Å². The normalized spacial score (nSPS) is 26.0. The molecule has 1 heterocycles. The summed E-state index contributed by atoms with van der Waals surface area (Å²) in [5.74, 6) is 0. The van der Waals surface area contributed by atoms with Gasteiger partial charge in [-0.05, 0) is 29.4 Å². The number of ether oxygens (including phenoxy) is 1. The average Bonchev–Trinajstić information content (AvgIpc) is 2.66. The molecule has 19 heavy (non-hydrogen) atoms. The summed E-state index contributed by atoms with van der Waals surface area (Å²) in [5, 5.41) is 9.70. The third-order valence-electron chi connectivity index (χ3n) is 3.30. The molecule has 1 aliphatic heterocycles. The van der Waals surface area contributed by atoms with Crippen molar-refractivity contribution in [2.24, 2.45) is 5.41 Å². The van der Waals surface area contributed by atoms with Crippen molar-refractivity contribution in [1.29, 1.82) is 0 Å². The standard InChI is InChI=1S/C17H24O2/c1-17(2,3)12-14-11-16(18)19-15(14)10-9-13-7-5-4-6-8-13/h4-8,12,15-16,18H,9-11H2,1-3H3/b14-12-. The van der Waals surface area contributed by atoms with Gasteiger partial charge in [0.25, 0.3) is 0 Å². The monoisotopic (exact) mass is 260 g/mol. The van der Waals surface area contributed by atoms with Gasteiger partial charge >= 0.3 is 0 Å². The summed E-state index contributed by atoms with van der Waals surface area (Å²) < 4.78 is 5.63. The highest BCUT2D eigenvalue weighted by Gasteiger charge is 2.29. The molecule has 2 rings (SSSR count). The largest absolute Gasteiger partial charge is 0.368 e. The Morgan fingerprint density at radius 3 is 2.58 bits per heavy atom. The van der Waals surface area contributed by atoms with Crippen LogP contribution in [0.1, 0.15) is 39.2 Å². The minimum absolute atomic E-state index is 0.0643. The molecule has 1 N–H and O–H groups in total. The van der Waals surface area contributed by atoms with E-state index in [1.807, 2.05) is 6.07 Å². The Kier molecular flexibility index (Phi) is 4.43. The summed E-state index contributed by atoms with van der Waals surface area (Å²) in [7, 11) is 0. The zero-order chi connectivity index (χ0) is 13.9. The van der Waals surface area contributed by atoms with Crippen LogP contribution in [0.15, 0.2) is 42.0 Å².